The number of methoxy groups -OCH3 is 1. The first-order valence-electron chi connectivity index (χ1n) is 10.2. The normalized spacial score (nSPS) is 11.0. The van der Waals surface area contributed by atoms with Gasteiger partial charge in [-0.25, -0.2) is 14.5 Å². The van der Waals surface area contributed by atoms with Crippen molar-refractivity contribution < 1.29 is 14.3 Å². The maximum Gasteiger partial charge on any atom is 0.341 e. The Kier molecular flexibility index (Phi) is 5.80. The number of rotatable bonds is 5. The number of hydrogen-bond acceptors (Lipinski definition) is 6. The van der Waals surface area contributed by atoms with E-state index in [0.29, 0.717) is 16.2 Å². The molecule has 8 heteroatoms. The second-order valence-corrected chi connectivity index (χ2v) is 8.92. The summed E-state index contributed by atoms with van der Waals surface area (Å²) in [5.41, 5.74) is 5.93. The summed E-state index contributed by atoms with van der Waals surface area (Å²) < 4.78 is 6.48. The van der Waals surface area contributed by atoms with Gasteiger partial charge in [0.25, 0.3) is 0 Å². The minimum absolute atomic E-state index is 0.0225. The van der Waals surface area contributed by atoms with Gasteiger partial charge in [-0.15, -0.1) is 11.3 Å². The number of pyridine rings is 1. The molecule has 0 saturated heterocycles. The average molecular weight is 449 g/mol. The number of ether oxygens (including phenoxy) is 1. The van der Waals surface area contributed by atoms with E-state index in [1.165, 1.54) is 24.0 Å². The Morgan fingerprint density at radius 2 is 1.81 bits per heavy atom. The number of benzene rings is 1. The Balaban J connectivity index is 1.66. The van der Waals surface area contributed by atoms with Crippen molar-refractivity contribution >= 4 is 39.2 Å². The van der Waals surface area contributed by atoms with Crippen LogP contribution in [0.4, 0.5) is 5.00 Å². The molecule has 0 aliphatic rings. The van der Waals surface area contributed by atoms with E-state index in [1.54, 1.807) is 10.9 Å². The van der Waals surface area contributed by atoms with Crippen LogP contribution in [0.25, 0.3) is 22.2 Å². The zero-order valence-electron chi connectivity index (χ0n) is 18.6. The highest BCUT2D eigenvalue weighted by Crippen LogP contribution is 2.33. The smallest absolute Gasteiger partial charge is 0.341 e. The second kappa shape index (κ2) is 8.55. The third-order valence-electron chi connectivity index (χ3n) is 5.49. The summed E-state index contributed by atoms with van der Waals surface area (Å²) in [7, 11) is 1.33. The number of carbonyl (C=O) groups excluding carboxylic acids is 2. The molecule has 0 unspecified atom stereocenters. The molecule has 4 aromatic rings. The zero-order valence-corrected chi connectivity index (χ0v) is 19.5. The molecular weight excluding hydrogens is 424 g/mol. The quantitative estimate of drug-likeness (QED) is 0.443. The maximum absolute atomic E-state index is 12.9. The van der Waals surface area contributed by atoms with E-state index >= 15 is 0 Å². The number of carbonyl (C=O) groups is 2. The van der Waals surface area contributed by atoms with Crippen LogP contribution in [0, 0.1) is 27.7 Å². The van der Waals surface area contributed by atoms with Crippen molar-refractivity contribution in [1.29, 1.82) is 0 Å². The molecule has 7 nitrogen and oxygen atoms in total. The molecule has 0 aliphatic carbocycles. The van der Waals surface area contributed by atoms with Crippen molar-refractivity contribution in [2.24, 2.45) is 0 Å². The third-order valence-corrected chi connectivity index (χ3v) is 6.61. The third kappa shape index (κ3) is 3.89. The molecule has 1 aromatic carbocycles. The van der Waals surface area contributed by atoms with Crippen molar-refractivity contribution in [3.63, 3.8) is 0 Å². The highest BCUT2D eigenvalue weighted by molar-refractivity contribution is 7.16. The largest absolute Gasteiger partial charge is 0.465 e. The molecule has 0 spiro atoms. The number of thiophene rings is 1. The minimum Gasteiger partial charge on any atom is -0.465 e. The lowest BCUT2D eigenvalue weighted by Crippen LogP contribution is -2.20. The number of esters is 1. The maximum atomic E-state index is 12.9. The fourth-order valence-corrected chi connectivity index (χ4v) is 4.80. The number of aromatic nitrogens is 3. The lowest BCUT2D eigenvalue weighted by Gasteiger charge is -2.08. The first-order valence-corrected chi connectivity index (χ1v) is 11.0. The van der Waals surface area contributed by atoms with Crippen LogP contribution in [0.3, 0.4) is 0 Å². The van der Waals surface area contributed by atoms with Gasteiger partial charge in [0.05, 0.1) is 18.4 Å². The van der Waals surface area contributed by atoms with Crippen molar-refractivity contribution in [3.05, 3.63) is 63.8 Å². The summed E-state index contributed by atoms with van der Waals surface area (Å²) in [6, 6.07) is 10.2. The minimum atomic E-state index is -0.466. The molecule has 0 bridgehead atoms. The number of amides is 1. The van der Waals surface area contributed by atoms with Crippen molar-refractivity contribution in [2.45, 2.75) is 34.2 Å². The molecule has 1 amide bonds. The van der Waals surface area contributed by atoms with Gasteiger partial charge in [-0.3, -0.25) is 4.79 Å². The van der Waals surface area contributed by atoms with Crippen LogP contribution in [0.1, 0.15) is 32.1 Å². The van der Waals surface area contributed by atoms with Crippen molar-refractivity contribution in [3.8, 4) is 11.1 Å². The Morgan fingerprint density at radius 3 is 2.50 bits per heavy atom. The van der Waals surface area contributed by atoms with E-state index in [2.05, 4.69) is 46.6 Å². The number of fused-ring (bicyclic) bond motifs is 1. The molecule has 3 heterocycles. The summed E-state index contributed by atoms with van der Waals surface area (Å²) in [4.78, 5) is 30.5. The summed E-state index contributed by atoms with van der Waals surface area (Å²) in [5, 5.41) is 8.83. The number of anilines is 1. The molecule has 1 N–H and O–H groups in total. The molecule has 0 saturated carbocycles. The summed E-state index contributed by atoms with van der Waals surface area (Å²) in [6.07, 6.45) is 1.73. The van der Waals surface area contributed by atoms with Gasteiger partial charge in [0.1, 0.15) is 11.5 Å². The fourth-order valence-electron chi connectivity index (χ4n) is 3.73. The molecule has 0 atom stereocenters. The van der Waals surface area contributed by atoms with Gasteiger partial charge in [0.2, 0.25) is 5.91 Å². The first kappa shape index (κ1) is 21.7. The van der Waals surface area contributed by atoms with E-state index < -0.39 is 5.97 Å². The summed E-state index contributed by atoms with van der Waals surface area (Å²) in [5.74, 6) is -0.754. The Labute approximate surface area is 190 Å². The van der Waals surface area contributed by atoms with Crippen LogP contribution in [0.5, 0.6) is 0 Å². The van der Waals surface area contributed by atoms with Gasteiger partial charge >= 0.3 is 5.97 Å². The van der Waals surface area contributed by atoms with Gasteiger partial charge in [0.15, 0.2) is 5.65 Å². The molecule has 0 radical (unpaired) electrons. The second-order valence-electron chi connectivity index (χ2n) is 7.69. The van der Waals surface area contributed by atoms with Crippen LogP contribution in [0.15, 0.2) is 36.5 Å². The van der Waals surface area contributed by atoms with E-state index in [9.17, 15) is 9.59 Å². The van der Waals surface area contributed by atoms with Gasteiger partial charge in [0, 0.05) is 16.5 Å². The first-order chi connectivity index (χ1) is 15.3. The molecular formula is C24H24N4O3S. The van der Waals surface area contributed by atoms with E-state index in [4.69, 9.17) is 4.74 Å². The number of aryl methyl sites for hydroxylation is 3. The highest BCUT2D eigenvalue weighted by Gasteiger charge is 2.22. The molecule has 0 fully saturated rings. The average Bonchev–Trinajstić information content (AvgIpc) is 3.23. The van der Waals surface area contributed by atoms with E-state index in [1.807, 2.05) is 26.8 Å². The highest BCUT2D eigenvalue weighted by atomic mass is 32.1. The van der Waals surface area contributed by atoms with Crippen LogP contribution in [-0.2, 0) is 16.1 Å². The SMILES string of the molecule is COC(=O)c1c(NC(=O)Cn2nc(C)c3c(-c4ccc(C)cc4)ccnc32)sc(C)c1C. The number of nitrogens with zero attached hydrogens (tertiary/aromatic N) is 3. The molecule has 0 aliphatic heterocycles. The fraction of sp³-hybridized carbons (Fsp3) is 0.250. The topological polar surface area (TPSA) is 86.1 Å². The number of nitrogens with one attached hydrogen (secondary N) is 1. The Hall–Kier alpha value is -3.52. The van der Waals surface area contributed by atoms with E-state index in [0.717, 1.165) is 32.6 Å². The van der Waals surface area contributed by atoms with Crippen molar-refractivity contribution in [2.75, 3.05) is 12.4 Å². The van der Waals surface area contributed by atoms with Crippen LogP contribution in [0.2, 0.25) is 0 Å². The lowest BCUT2D eigenvalue weighted by molar-refractivity contribution is -0.116. The van der Waals surface area contributed by atoms with Gasteiger partial charge in [-0.2, -0.15) is 5.10 Å². The molecule has 32 heavy (non-hydrogen) atoms. The Bertz CT molecular complexity index is 1340. The predicted molar refractivity (Wildman–Crippen MR) is 126 cm³/mol. The van der Waals surface area contributed by atoms with Gasteiger partial charge < -0.3 is 10.1 Å². The van der Waals surface area contributed by atoms with Crippen molar-refractivity contribution in [1.82, 2.24) is 14.8 Å². The lowest BCUT2D eigenvalue weighted by atomic mass is 10.0. The van der Waals surface area contributed by atoms with Crippen LogP contribution < -0.4 is 5.32 Å². The summed E-state index contributed by atoms with van der Waals surface area (Å²) in [6.45, 7) is 7.69. The van der Waals surface area contributed by atoms with E-state index in [-0.39, 0.29) is 12.5 Å². The molecule has 4 rings (SSSR count). The zero-order chi connectivity index (χ0) is 23.0. The monoisotopic (exact) mass is 448 g/mol. The molecule has 164 valence electrons. The Morgan fingerprint density at radius 1 is 1.09 bits per heavy atom. The van der Waals surface area contributed by atoms with Gasteiger partial charge in [-0.1, -0.05) is 29.8 Å². The predicted octanol–water partition coefficient (Wildman–Crippen LogP) is 4.82. The number of hydrogen-bond donors (Lipinski definition) is 1. The summed E-state index contributed by atoms with van der Waals surface area (Å²) >= 11 is 1.36. The molecule has 3 aromatic heterocycles. The van der Waals surface area contributed by atoms with Crippen LogP contribution in [-0.4, -0.2) is 33.8 Å². The van der Waals surface area contributed by atoms with Crippen LogP contribution >= 0.6 is 11.3 Å². The standard InChI is InChI=1S/C24H24N4O3S/c1-13-6-8-17(9-7-13)18-10-11-25-22-21(18)15(3)27-28(22)12-19(29)26-23-20(24(30)31-5)14(2)16(4)32-23/h6-11H,12H2,1-5H3,(H,26,29). The van der Waals surface area contributed by atoms with Gasteiger partial charge in [-0.05, 0) is 50.5 Å².